The summed E-state index contributed by atoms with van der Waals surface area (Å²) >= 11 is 4.31. The van der Waals surface area contributed by atoms with E-state index in [2.05, 4.69) is 56.9 Å². The van der Waals surface area contributed by atoms with E-state index in [1.165, 1.54) is 11.1 Å². The molecule has 3 aliphatic rings. The molecule has 1 atom stereocenters. The molecule has 0 N–H and O–H groups in total. The average Bonchev–Trinajstić information content (AvgIpc) is 2.91. The number of halogens is 1. The van der Waals surface area contributed by atoms with Gasteiger partial charge < -0.3 is 5.01 Å². The largest absolute Gasteiger partial charge is 0.301 e. The second-order valence-electron chi connectivity index (χ2n) is 7.73. The summed E-state index contributed by atoms with van der Waals surface area (Å²) in [4.78, 5) is 0.579. The summed E-state index contributed by atoms with van der Waals surface area (Å²) in [5, 5.41) is 4.64. The van der Waals surface area contributed by atoms with Gasteiger partial charge in [0, 0.05) is 22.7 Å². The molecule has 1 fully saturated rings. The Morgan fingerprint density at radius 2 is 2.12 bits per heavy atom. The van der Waals surface area contributed by atoms with E-state index in [1.807, 2.05) is 6.08 Å². The van der Waals surface area contributed by atoms with Crippen molar-refractivity contribution in [2.75, 3.05) is 13.1 Å². The fourth-order valence-electron chi connectivity index (χ4n) is 4.52. The highest BCUT2D eigenvalue weighted by Gasteiger charge is 2.47. The maximum Gasteiger partial charge on any atom is 0.137 e. The van der Waals surface area contributed by atoms with E-state index in [4.69, 9.17) is 0 Å². The number of nitrogens with zero attached hydrogens (tertiary/aromatic N) is 2. The number of hydrazine groups is 1. The van der Waals surface area contributed by atoms with Gasteiger partial charge in [-0.2, -0.15) is 0 Å². The fourth-order valence-corrected chi connectivity index (χ4v) is 4.79. The molecule has 0 aromatic carbocycles. The smallest absolute Gasteiger partial charge is 0.137 e. The zero-order chi connectivity index (χ0) is 17.6. The van der Waals surface area contributed by atoms with Crippen molar-refractivity contribution in [3.63, 3.8) is 0 Å². The number of hydrogen-bond donors (Lipinski definition) is 1. The van der Waals surface area contributed by atoms with Crippen LogP contribution in [0.25, 0.3) is 0 Å². The van der Waals surface area contributed by atoms with Crippen LogP contribution in [0, 0.1) is 5.92 Å². The molecule has 4 heteroatoms. The third kappa shape index (κ3) is 2.68. The van der Waals surface area contributed by atoms with Crippen molar-refractivity contribution in [2.45, 2.75) is 58.9 Å². The summed E-state index contributed by atoms with van der Waals surface area (Å²) in [6.45, 7) is 15.0. The van der Waals surface area contributed by atoms with E-state index < -0.39 is 0 Å². The van der Waals surface area contributed by atoms with Gasteiger partial charge in [-0.1, -0.05) is 26.5 Å². The quantitative estimate of drug-likeness (QED) is 0.683. The van der Waals surface area contributed by atoms with Crippen LogP contribution in [0.15, 0.2) is 45.8 Å². The first-order valence-corrected chi connectivity index (χ1v) is 9.44. The third-order valence-electron chi connectivity index (χ3n) is 5.93. The predicted molar refractivity (Wildman–Crippen MR) is 102 cm³/mol. The number of rotatable bonds is 3. The van der Waals surface area contributed by atoms with Gasteiger partial charge in [-0.05, 0) is 56.6 Å². The molecule has 1 aliphatic carbocycles. The third-order valence-corrected chi connectivity index (χ3v) is 6.35. The van der Waals surface area contributed by atoms with Crippen molar-refractivity contribution in [3.05, 3.63) is 45.8 Å². The van der Waals surface area contributed by atoms with Crippen LogP contribution in [0.1, 0.15) is 53.4 Å². The summed E-state index contributed by atoms with van der Waals surface area (Å²) < 4.78 is 14.5. The molecule has 1 saturated heterocycles. The number of hydrogen-bond acceptors (Lipinski definition) is 3. The monoisotopic (exact) mass is 348 g/mol. The maximum atomic E-state index is 14.5. The van der Waals surface area contributed by atoms with Crippen LogP contribution < -0.4 is 0 Å². The Morgan fingerprint density at radius 1 is 1.42 bits per heavy atom. The minimum atomic E-state index is -0.143. The van der Waals surface area contributed by atoms with Gasteiger partial charge in [-0.3, -0.25) is 0 Å². The minimum Gasteiger partial charge on any atom is -0.301 e. The molecule has 132 valence electrons. The Hall–Kier alpha value is -1.00. The maximum absolute atomic E-state index is 14.5. The summed E-state index contributed by atoms with van der Waals surface area (Å²) in [5.41, 5.74) is 4.58. The predicted octanol–water partition coefficient (Wildman–Crippen LogP) is 5.39. The lowest BCUT2D eigenvalue weighted by atomic mass is 9.80. The average molecular weight is 349 g/mol. The Bertz CT molecular complexity index is 659. The van der Waals surface area contributed by atoms with Gasteiger partial charge in [0.15, 0.2) is 0 Å². The highest BCUT2D eigenvalue weighted by molar-refractivity contribution is 7.84. The molecule has 0 radical (unpaired) electrons. The molecule has 24 heavy (non-hydrogen) atoms. The van der Waals surface area contributed by atoms with Gasteiger partial charge in [-0.15, -0.1) is 12.6 Å². The minimum absolute atomic E-state index is 0.0278. The zero-order valence-corrected chi connectivity index (χ0v) is 16.2. The Labute approximate surface area is 151 Å². The van der Waals surface area contributed by atoms with Crippen LogP contribution >= 0.6 is 12.6 Å². The van der Waals surface area contributed by atoms with Crippen LogP contribution in [-0.2, 0) is 0 Å². The van der Waals surface area contributed by atoms with Crippen molar-refractivity contribution >= 4 is 12.6 Å². The Balaban J connectivity index is 1.99. The molecule has 0 aromatic heterocycles. The number of thiol groups is 1. The molecule has 0 aromatic rings. The molecule has 2 heterocycles. The van der Waals surface area contributed by atoms with E-state index in [0.29, 0.717) is 23.8 Å². The van der Waals surface area contributed by atoms with Crippen molar-refractivity contribution < 1.29 is 4.39 Å². The topological polar surface area (TPSA) is 6.48 Å². The summed E-state index contributed by atoms with van der Waals surface area (Å²) in [6.07, 6.45) is 5.91. The van der Waals surface area contributed by atoms with Crippen molar-refractivity contribution in [2.24, 2.45) is 5.92 Å². The van der Waals surface area contributed by atoms with Crippen molar-refractivity contribution in [1.82, 2.24) is 10.0 Å². The zero-order valence-electron chi connectivity index (χ0n) is 15.3. The molecular weight excluding hydrogens is 319 g/mol. The molecule has 0 saturated carbocycles. The van der Waals surface area contributed by atoms with Crippen LogP contribution in [0.4, 0.5) is 4.39 Å². The number of fused-ring (bicyclic) bond motifs is 1. The van der Waals surface area contributed by atoms with Gasteiger partial charge >= 0.3 is 0 Å². The standard InChI is InChI=1S/C20H29FN2S/c1-13(2)18-14(3)20(5)10-7-11-23(20)22(15(18)4)12-16-8-6-9-17(24)19(16)21/h8,13,24H,4,6-7,9-12H2,1-3,5H3. The van der Waals surface area contributed by atoms with E-state index >= 15 is 0 Å². The lowest BCUT2D eigenvalue weighted by Crippen LogP contribution is -2.56. The normalized spacial score (nSPS) is 28.9. The van der Waals surface area contributed by atoms with E-state index in [0.717, 1.165) is 37.1 Å². The van der Waals surface area contributed by atoms with E-state index in [1.54, 1.807) is 0 Å². The van der Waals surface area contributed by atoms with Crippen molar-refractivity contribution in [1.29, 1.82) is 0 Å². The van der Waals surface area contributed by atoms with Gasteiger partial charge in [0.1, 0.15) is 5.83 Å². The van der Waals surface area contributed by atoms with Crippen molar-refractivity contribution in [3.8, 4) is 0 Å². The van der Waals surface area contributed by atoms with Crippen LogP contribution in [0.2, 0.25) is 0 Å². The highest BCUT2D eigenvalue weighted by Crippen LogP contribution is 2.47. The highest BCUT2D eigenvalue weighted by atomic mass is 32.1. The Kier molecular flexibility index (Phi) is 4.73. The summed E-state index contributed by atoms with van der Waals surface area (Å²) in [5.74, 6) is 0.274. The molecule has 0 bridgehead atoms. The summed E-state index contributed by atoms with van der Waals surface area (Å²) in [7, 11) is 0. The SMILES string of the molecule is C=C1C(C(C)C)=C(C)C2(C)CCCN2N1CC1=CCCC(S)=C1F. The van der Waals surface area contributed by atoms with Gasteiger partial charge in [-0.25, -0.2) is 9.40 Å². The van der Waals surface area contributed by atoms with Gasteiger partial charge in [0.2, 0.25) is 0 Å². The molecule has 1 unspecified atom stereocenters. The van der Waals surface area contributed by atoms with Crippen LogP contribution in [0.3, 0.4) is 0 Å². The van der Waals surface area contributed by atoms with Gasteiger partial charge in [0.25, 0.3) is 0 Å². The van der Waals surface area contributed by atoms with Crippen LogP contribution in [-0.4, -0.2) is 28.6 Å². The molecule has 3 rings (SSSR count). The lowest BCUT2D eigenvalue weighted by Gasteiger charge is -2.51. The van der Waals surface area contributed by atoms with E-state index in [-0.39, 0.29) is 11.4 Å². The fraction of sp³-hybridized carbons (Fsp3) is 0.600. The lowest BCUT2D eigenvalue weighted by molar-refractivity contribution is -0.0370. The van der Waals surface area contributed by atoms with Gasteiger partial charge in [0.05, 0.1) is 12.1 Å². The number of allylic oxidation sites excluding steroid dienone is 3. The Morgan fingerprint density at radius 3 is 2.79 bits per heavy atom. The second-order valence-corrected chi connectivity index (χ2v) is 8.27. The van der Waals surface area contributed by atoms with E-state index in [9.17, 15) is 4.39 Å². The molecular formula is C20H29FN2S. The summed E-state index contributed by atoms with van der Waals surface area (Å²) in [6, 6.07) is 0. The molecule has 0 amide bonds. The first kappa shape index (κ1) is 17.8. The molecule has 0 spiro atoms. The molecule has 2 nitrogen and oxygen atoms in total. The second kappa shape index (κ2) is 6.38. The molecule has 2 aliphatic heterocycles. The first-order chi connectivity index (χ1) is 11.3. The van der Waals surface area contributed by atoms with Crippen LogP contribution in [0.5, 0.6) is 0 Å². The first-order valence-electron chi connectivity index (χ1n) is 9.00.